The predicted molar refractivity (Wildman–Crippen MR) is 128 cm³/mol. The molecule has 0 fully saturated rings. The van der Waals surface area contributed by atoms with Gasteiger partial charge < -0.3 is 21.4 Å². The lowest BCUT2D eigenvalue weighted by Crippen LogP contribution is -2.59. The van der Waals surface area contributed by atoms with E-state index in [0.29, 0.717) is 21.8 Å². The van der Waals surface area contributed by atoms with Crippen LogP contribution < -0.4 is 26.4 Å². The molecule has 2 aromatic heterocycles. The standard InChI is InChI=1S/C17H19N9O4S3.CH2O2/c1-8(7-18)24-33(29,30)12-6-5-9(10-3-2-4-11-14(10)21-17(19)31-11)13(15(12)32(20,27)28)16-22-25-26-23-16;2-1-3/h2-6,8,24H,7,18H2,1H3,(H2,19,21)(H2,20,27,28)(H,22,23,25,26);1H,(H,2,3). The number of anilines is 1. The molecule has 0 saturated carbocycles. The third kappa shape index (κ3) is 5.48. The van der Waals surface area contributed by atoms with Crippen LogP contribution in [-0.4, -0.2) is 61.5 Å². The molecule has 36 heavy (non-hydrogen) atoms. The molecule has 1 atom stereocenters. The number of aromatic nitrogens is 5. The van der Waals surface area contributed by atoms with E-state index >= 15 is 0 Å². The molecule has 0 aliphatic carbocycles. The summed E-state index contributed by atoms with van der Waals surface area (Å²) in [7, 11) is -8.90. The van der Waals surface area contributed by atoms with Gasteiger partial charge in [0.15, 0.2) is 5.13 Å². The first kappa shape index (κ1) is 27.0. The van der Waals surface area contributed by atoms with E-state index in [9.17, 15) is 16.8 Å². The molecule has 4 aromatic rings. The number of hydrogen-bond donors (Lipinski definition) is 5. The quantitative estimate of drug-likeness (QED) is 0.151. The highest BCUT2D eigenvalue weighted by Crippen LogP contribution is 2.41. The zero-order chi connectivity index (χ0) is 26.7. The Balaban J connectivity index is 0.00000115. The van der Waals surface area contributed by atoms with Crippen LogP contribution >= 0.6 is 11.3 Å². The summed E-state index contributed by atoms with van der Waals surface area (Å²) in [6.07, 6.45) is 0. The molecular weight excluding hydrogens is 534 g/mol. The average Bonchev–Trinajstić information content (AvgIpc) is 3.46. The molecule has 0 saturated heterocycles. The van der Waals surface area contributed by atoms with Gasteiger partial charge in [0.2, 0.25) is 25.9 Å². The molecular formula is C18H21N9O6S3. The summed E-state index contributed by atoms with van der Waals surface area (Å²) >= 11 is 1.25. The van der Waals surface area contributed by atoms with Crippen LogP contribution in [0.4, 0.5) is 5.13 Å². The SMILES string of the molecule is CC(C[NH3+])NS(=O)(=O)c1ccc(-c2cccc3sc(N)nc23)c(-c2nn[nH]n2)c1S(N)(=O)=O.O=C[O-]. The maximum atomic E-state index is 13.1. The number of quaternary nitrogens is 1. The Kier molecular flexibility index (Phi) is 7.96. The number of nitrogens with zero attached hydrogens (tertiary/aromatic N) is 4. The summed E-state index contributed by atoms with van der Waals surface area (Å²) in [5, 5.41) is 27.6. The van der Waals surface area contributed by atoms with Crippen molar-refractivity contribution >= 4 is 53.2 Å². The van der Waals surface area contributed by atoms with Gasteiger partial charge in [0.25, 0.3) is 0 Å². The first-order chi connectivity index (χ1) is 16.9. The van der Waals surface area contributed by atoms with E-state index in [2.05, 4.69) is 36.1 Å². The molecule has 0 bridgehead atoms. The van der Waals surface area contributed by atoms with Gasteiger partial charge in [0.05, 0.1) is 28.4 Å². The predicted octanol–water partition coefficient (Wildman–Crippen LogP) is -2.35. The number of nitrogen functional groups attached to an aromatic ring is 1. The number of carboxylic acid groups (broad SMARTS) is 1. The highest BCUT2D eigenvalue weighted by atomic mass is 32.2. The molecule has 9 N–H and O–H groups in total. The minimum absolute atomic E-state index is 0.129. The molecule has 0 aliphatic rings. The van der Waals surface area contributed by atoms with Gasteiger partial charge in [-0.3, -0.25) is 0 Å². The van der Waals surface area contributed by atoms with E-state index in [4.69, 9.17) is 20.8 Å². The van der Waals surface area contributed by atoms with Gasteiger partial charge in [-0.1, -0.05) is 29.5 Å². The summed E-state index contributed by atoms with van der Waals surface area (Å²) in [6.45, 7) is 1.34. The lowest BCUT2D eigenvalue weighted by molar-refractivity contribution is -0.371. The van der Waals surface area contributed by atoms with Gasteiger partial charge in [-0.05, 0) is 29.8 Å². The maximum absolute atomic E-state index is 13.1. The van der Waals surface area contributed by atoms with Gasteiger partial charge in [-0.25, -0.2) is 31.7 Å². The number of nitrogens with one attached hydrogen (secondary N) is 2. The highest BCUT2D eigenvalue weighted by Gasteiger charge is 2.33. The second-order valence-electron chi connectivity index (χ2n) is 7.21. The number of benzene rings is 2. The molecule has 0 aliphatic heterocycles. The number of para-hydroxylation sites is 1. The van der Waals surface area contributed by atoms with E-state index in [1.54, 1.807) is 19.1 Å². The number of sulfonamides is 2. The van der Waals surface area contributed by atoms with Crippen molar-refractivity contribution in [1.29, 1.82) is 0 Å². The van der Waals surface area contributed by atoms with Crippen molar-refractivity contribution in [2.45, 2.75) is 22.8 Å². The number of tetrazole rings is 1. The van der Waals surface area contributed by atoms with E-state index in [1.165, 1.54) is 23.5 Å². The molecule has 15 nitrogen and oxygen atoms in total. The van der Waals surface area contributed by atoms with Crippen LogP contribution in [0, 0.1) is 0 Å². The molecule has 1 unspecified atom stereocenters. The Morgan fingerprint density at radius 1 is 1.22 bits per heavy atom. The molecule has 0 spiro atoms. The van der Waals surface area contributed by atoms with E-state index in [0.717, 1.165) is 4.70 Å². The molecule has 0 amide bonds. The molecule has 192 valence electrons. The van der Waals surface area contributed by atoms with Crippen molar-refractivity contribution in [3.8, 4) is 22.5 Å². The molecule has 2 aromatic carbocycles. The summed E-state index contributed by atoms with van der Waals surface area (Å²) < 4.78 is 54.9. The average molecular weight is 556 g/mol. The van der Waals surface area contributed by atoms with Gasteiger partial charge in [-0.2, -0.15) is 5.21 Å². The number of carbonyl (C=O) groups excluding carboxylic acids is 1. The van der Waals surface area contributed by atoms with Crippen molar-refractivity contribution < 1.29 is 32.5 Å². The first-order valence-corrected chi connectivity index (χ1v) is 13.7. The van der Waals surface area contributed by atoms with Crippen molar-refractivity contribution in [2.75, 3.05) is 12.3 Å². The zero-order valence-corrected chi connectivity index (χ0v) is 21.0. The van der Waals surface area contributed by atoms with Gasteiger partial charge in [0, 0.05) is 12.0 Å². The summed E-state index contributed by atoms with van der Waals surface area (Å²) in [5.41, 5.74) is 10.7. The molecule has 18 heteroatoms. The summed E-state index contributed by atoms with van der Waals surface area (Å²) in [6, 6.07) is 7.33. The fourth-order valence-electron chi connectivity index (χ4n) is 3.34. The minimum atomic E-state index is -4.59. The summed E-state index contributed by atoms with van der Waals surface area (Å²) in [4.78, 5) is 11.4. The van der Waals surface area contributed by atoms with Crippen LogP contribution in [0.5, 0.6) is 0 Å². The molecule has 4 rings (SSSR count). The number of thiazole rings is 1. The van der Waals surface area contributed by atoms with Crippen LogP contribution in [0.25, 0.3) is 32.7 Å². The second-order valence-corrected chi connectivity index (χ2v) is 11.5. The Morgan fingerprint density at radius 3 is 2.50 bits per heavy atom. The van der Waals surface area contributed by atoms with Gasteiger partial charge in [0.1, 0.15) is 9.79 Å². The van der Waals surface area contributed by atoms with E-state index in [1.807, 2.05) is 6.07 Å². The fourth-order valence-corrected chi connectivity index (χ4v) is 6.98. The maximum Gasteiger partial charge on any atom is 0.242 e. The Morgan fingerprint density at radius 2 is 1.92 bits per heavy atom. The largest absolute Gasteiger partial charge is 0.554 e. The molecule has 2 heterocycles. The lowest BCUT2D eigenvalue weighted by Gasteiger charge is -2.18. The van der Waals surface area contributed by atoms with Crippen molar-refractivity contribution in [2.24, 2.45) is 5.14 Å². The van der Waals surface area contributed by atoms with E-state index < -0.39 is 42.4 Å². The topological polar surface area (TPSA) is 267 Å². The van der Waals surface area contributed by atoms with Crippen LogP contribution in [0.15, 0.2) is 40.1 Å². The number of H-pyrrole nitrogens is 1. The van der Waals surface area contributed by atoms with Crippen LogP contribution in [0.1, 0.15) is 6.92 Å². The minimum Gasteiger partial charge on any atom is -0.554 e. The number of nitrogens with two attached hydrogens (primary N) is 2. The summed E-state index contributed by atoms with van der Waals surface area (Å²) in [5.74, 6) is -0.156. The first-order valence-electron chi connectivity index (χ1n) is 9.90. The second kappa shape index (κ2) is 10.6. The van der Waals surface area contributed by atoms with Gasteiger partial charge >= 0.3 is 0 Å². The Bertz CT molecular complexity index is 1600. The van der Waals surface area contributed by atoms with Crippen LogP contribution in [-0.2, 0) is 24.8 Å². The van der Waals surface area contributed by atoms with E-state index in [-0.39, 0.29) is 17.9 Å². The van der Waals surface area contributed by atoms with Crippen LogP contribution in [0.2, 0.25) is 0 Å². The van der Waals surface area contributed by atoms with Crippen molar-refractivity contribution in [1.82, 2.24) is 30.3 Å². The lowest BCUT2D eigenvalue weighted by atomic mass is 9.98. The molecule has 0 radical (unpaired) electrons. The van der Waals surface area contributed by atoms with Crippen molar-refractivity contribution in [3.63, 3.8) is 0 Å². The van der Waals surface area contributed by atoms with Crippen LogP contribution in [0.3, 0.4) is 0 Å². The fraction of sp³-hybridized carbons (Fsp3) is 0.167. The monoisotopic (exact) mass is 555 g/mol. The number of fused-ring (bicyclic) bond motifs is 1. The third-order valence-electron chi connectivity index (χ3n) is 4.78. The highest BCUT2D eigenvalue weighted by molar-refractivity contribution is 7.92. The smallest absolute Gasteiger partial charge is 0.242 e. The number of carbonyl (C=O) groups is 1. The Hall–Kier alpha value is -3.55. The zero-order valence-electron chi connectivity index (χ0n) is 18.6. The number of aromatic amines is 1. The third-order valence-corrected chi connectivity index (χ3v) is 8.38. The normalized spacial score (nSPS) is 12.6. The number of rotatable bonds is 7. The number of hydrogen-bond acceptors (Lipinski definition) is 12. The van der Waals surface area contributed by atoms with Gasteiger partial charge in [-0.15, -0.1) is 10.2 Å². The number of primary sulfonamides is 1. The Labute approximate surface area is 208 Å². The van der Waals surface area contributed by atoms with Crippen molar-refractivity contribution in [3.05, 3.63) is 30.3 Å².